The SMILES string of the molecule is CCOC(=O)[C@@H]1CCCN(C(=O)CN2C(=O)COc3ccc(C(=O)COc4cccc(C)c4)cc32)C1. The van der Waals surface area contributed by atoms with Crippen molar-refractivity contribution in [3.63, 3.8) is 0 Å². The Balaban J connectivity index is 1.45. The van der Waals surface area contributed by atoms with E-state index >= 15 is 0 Å². The number of carbonyl (C=O) groups is 4. The Bertz CT molecular complexity index is 1160. The summed E-state index contributed by atoms with van der Waals surface area (Å²) in [7, 11) is 0. The van der Waals surface area contributed by atoms with Crippen LogP contribution in [-0.4, -0.2) is 67.9 Å². The van der Waals surface area contributed by atoms with Crippen molar-refractivity contribution in [2.45, 2.75) is 26.7 Å². The van der Waals surface area contributed by atoms with Gasteiger partial charge in [-0.25, -0.2) is 0 Å². The van der Waals surface area contributed by atoms with E-state index < -0.39 is 0 Å². The summed E-state index contributed by atoms with van der Waals surface area (Å²) in [4.78, 5) is 53.7. The van der Waals surface area contributed by atoms with Crippen LogP contribution < -0.4 is 14.4 Å². The number of anilines is 1. The molecule has 4 rings (SSSR count). The molecule has 1 fully saturated rings. The number of Topliss-reactive ketones (excluding diaryl/α,β-unsaturated/α-hetero) is 1. The second-order valence-corrected chi connectivity index (χ2v) is 8.91. The Morgan fingerprint density at radius 3 is 2.75 bits per heavy atom. The monoisotopic (exact) mass is 494 g/mol. The standard InChI is InChI=1S/C27H30N2O7/c1-3-34-27(33)20-7-5-11-28(14-20)25(31)15-29-22-13-19(9-10-24(22)36-17-26(29)32)23(30)16-35-21-8-4-6-18(2)12-21/h4,6,8-10,12-13,20H,3,5,7,11,14-17H2,1-2H3/t20-/m1/s1. The molecule has 0 aromatic heterocycles. The van der Waals surface area contributed by atoms with Crippen LogP contribution in [0.25, 0.3) is 0 Å². The van der Waals surface area contributed by atoms with Crippen molar-refractivity contribution in [3.05, 3.63) is 53.6 Å². The van der Waals surface area contributed by atoms with Gasteiger partial charge >= 0.3 is 5.97 Å². The van der Waals surface area contributed by atoms with Crippen molar-refractivity contribution in [2.24, 2.45) is 5.92 Å². The summed E-state index contributed by atoms with van der Waals surface area (Å²) in [6.07, 6.45) is 1.35. The molecule has 190 valence electrons. The van der Waals surface area contributed by atoms with Crippen LogP contribution in [0.1, 0.15) is 35.7 Å². The molecule has 0 radical (unpaired) electrons. The van der Waals surface area contributed by atoms with E-state index in [-0.39, 0.29) is 55.8 Å². The minimum atomic E-state index is -0.379. The number of piperidine rings is 1. The van der Waals surface area contributed by atoms with Gasteiger partial charge in [-0.1, -0.05) is 12.1 Å². The molecule has 0 bridgehead atoms. The zero-order valence-corrected chi connectivity index (χ0v) is 20.5. The van der Waals surface area contributed by atoms with E-state index in [1.165, 1.54) is 4.90 Å². The van der Waals surface area contributed by atoms with Crippen molar-refractivity contribution >= 4 is 29.3 Å². The molecule has 1 atom stereocenters. The highest BCUT2D eigenvalue weighted by atomic mass is 16.5. The molecule has 2 aromatic carbocycles. The van der Waals surface area contributed by atoms with Gasteiger partial charge in [0.05, 0.1) is 18.2 Å². The van der Waals surface area contributed by atoms with Gasteiger partial charge in [-0.05, 0) is 62.6 Å². The van der Waals surface area contributed by atoms with Crippen LogP contribution >= 0.6 is 0 Å². The molecule has 0 saturated carbocycles. The number of fused-ring (bicyclic) bond motifs is 1. The smallest absolute Gasteiger partial charge is 0.310 e. The fourth-order valence-corrected chi connectivity index (χ4v) is 4.38. The van der Waals surface area contributed by atoms with Crippen molar-refractivity contribution in [1.29, 1.82) is 0 Å². The fourth-order valence-electron chi connectivity index (χ4n) is 4.38. The van der Waals surface area contributed by atoms with E-state index in [0.717, 1.165) is 5.56 Å². The predicted molar refractivity (Wildman–Crippen MR) is 131 cm³/mol. The first-order valence-electron chi connectivity index (χ1n) is 12.1. The topological polar surface area (TPSA) is 102 Å². The Labute approximate surface area is 209 Å². The zero-order chi connectivity index (χ0) is 25.7. The molecular weight excluding hydrogens is 464 g/mol. The largest absolute Gasteiger partial charge is 0.485 e. The molecule has 36 heavy (non-hydrogen) atoms. The quantitative estimate of drug-likeness (QED) is 0.411. The van der Waals surface area contributed by atoms with Gasteiger partial charge < -0.3 is 19.1 Å². The third kappa shape index (κ3) is 5.84. The molecule has 0 unspecified atom stereocenters. The van der Waals surface area contributed by atoms with Crippen LogP contribution in [0.5, 0.6) is 11.5 Å². The van der Waals surface area contributed by atoms with Crippen molar-refractivity contribution < 1.29 is 33.4 Å². The maximum absolute atomic E-state index is 13.1. The number of likely N-dealkylation sites (tertiary alicyclic amines) is 1. The molecular formula is C27H30N2O7. The highest BCUT2D eigenvalue weighted by Crippen LogP contribution is 2.33. The number of hydrogen-bond acceptors (Lipinski definition) is 7. The normalized spacial score (nSPS) is 17.2. The third-order valence-electron chi connectivity index (χ3n) is 6.27. The van der Waals surface area contributed by atoms with E-state index in [4.69, 9.17) is 14.2 Å². The Hall–Kier alpha value is -3.88. The summed E-state index contributed by atoms with van der Waals surface area (Å²) in [6.45, 7) is 4.17. The van der Waals surface area contributed by atoms with Gasteiger partial charge in [0.15, 0.2) is 19.0 Å². The number of carbonyl (C=O) groups excluding carboxylic acids is 4. The number of esters is 1. The van der Waals surface area contributed by atoms with Crippen molar-refractivity contribution in [3.8, 4) is 11.5 Å². The van der Waals surface area contributed by atoms with Crippen LogP contribution in [0, 0.1) is 12.8 Å². The Kier molecular flexibility index (Phi) is 7.87. The van der Waals surface area contributed by atoms with E-state index in [1.807, 2.05) is 25.1 Å². The maximum Gasteiger partial charge on any atom is 0.310 e. The molecule has 1 saturated heterocycles. The molecule has 0 aliphatic carbocycles. The first-order chi connectivity index (χ1) is 17.4. The lowest BCUT2D eigenvalue weighted by atomic mass is 9.98. The number of rotatable bonds is 8. The number of aryl methyl sites for hydroxylation is 1. The minimum Gasteiger partial charge on any atom is -0.485 e. The molecule has 2 aromatic rings. The third-order valence-corrected chi connectivity index (χ3v) is 6.27. The summed E-state index contributed by atoms with van der Waals surface area (Å²) in [5.41, 5.74) is 1.73. The number of amides is 2. The summed E-state index contributed by atoms with van der Waals surface area (Å²) in [5, 5.41) is 0. The number of benzene rings is 2. The number of ether oxygens (including phenoxy) is 3. The van der Waals surface area contributed by atoms with Gasteiger partial charge in [-0.15, -0.1) is 0 Å². The van der Waals surface area contributed by atoms with E-state index in [9.17, 15) is 19.2 Å². The molecule has 9 nitrogen and oxygen atoms in total. The van der Waals surface area contributed by atoms with E-state index in [2.05, 4.69) is 0 Å². The van der Waals surface area contributed by atoms with Gasteiger partial charge in [0.2, 0.25) is 5.91 Å². The number of nitrogens with zero attached hydrogens (tertiary/aromatic N) is 2. The lowest BCUT2D eigenvalue weighted by molar-refractivity contribution is -0.151. The van der Waals surface area contributed by atoms with Gasteiger partial charge in [-0.2, -0.15) is 0 Å². The van der Waals surface area contributed by atoms with Crippen LogP contribution in [0.2, 0.25) is 0 Å². The Morgan fingerprint density at radius 1 is 1.14 bits per heavy atom. The average molecular weight is 495 g/mol. The van der Waals surface area contributed by atoms with E-state index in [1.54, 1.807) is 36.1 Å². The highest BCUT2D eigenvalue weighted by Gasteiger charge is 2.33. The van der Waals surface area contributed by atoms with Crippen molar-refractivity contribution in [1.82, 2.24) is 4.90 Å². The first-order valence-corrected chi connectivity index (χ1v) is 12.1. The first kappa shape index (κ1) is 25.2. The molecule has 2 aliphatic heterocycles. The molecule has 0 spiro atoms. The molecule has 2 heterocycles. The number of hydrogen-bond donors (Lipinski definition) is 0. The van der Waals surface area contributed by atoms with Crippen LogP contribution in [0.4, 0.5) is 5.69 Å². The summed E-state index contributed by atoms with van der Waals surface area (Å²) in [6, 6.07) is 12.2. The lowest BCUT2D eigenvalue weighted by Crippen LogP contribution is -2.49. The van der Waals surface area contributed by atoms with E-state index in [0.29, 0.717) is 48.7 Å². The zero-order valence-electron chi connectivity index (χ0n) is 20.5. The lowest BCUT2D eigenvalue weighted by Gasteiger charge is -2.34. The Morgan fingerprint density at radius 2 is 1.97 bits per heavy atom. The van der Waals surface area contributed by atoms with Gasteiger partial charge in [-0.3, -0.25) is 24.1 Å². The van der Waals surface area contributed by atoms with Crippen molar-refractivity contribution in [2.75, 3.05) is 44.4 Å². The number of ketones is 1. The van der Waals surface area contributed by atoms with Crippen LogP contribution in [0.15, 0.2) is 42.5 Å². The maximum atomic E-state index is 13.1. The van der Waals surface area contributed by atoms with Gasteiger partial charge in [0, 0.05) is 18.7 Å². The van der Waals surface area contributed by atoms with Crippen LogP contribution in [0.3, 0.4) is 0 Å². The van der Waals surface area contributed by atoms with Gasteiger partial charge in [0.1, 0.15) is 18.0 Å². The average Bonchev–Trinajstić information content (AvgIpc) is 2.89. The predicted octanol–water partition coefficient (Wildman–Crippen LogP) is 2.78. The summed E-state index contributed by atoms with van der Waals surface area (Å²) in [5.74, 6) is -0.583. The second-order valence-electron chi connectivity index (χ2n) is 8.91. The molecule has 0 N–H and O–H groups in total. The van der Waals surface area contributed by atoms with Gasteiger partial charge in [0.25, 0.3) is 5.91 Å². The molecule has 9 heteroatoms. The fraction of sp³-hybridized carbons (Fsp3) is 0.407. The minimum absolute atomic E-state index is 0.168. The molecule has 2 aliphatic rings. The summed E-state index contributed by atoms with van der Waals surface area (Å²) < 4.78 is 16.3. The van der Waals surface area contributed by atoms with Crippen LogP contribution in [-0.2, 0) is 19.1 Å². The summed E-state index contributed by atoms with van der Waals surface area (Å²) >= 11 is 0. The highest BCUT2D eigenvalue weighted by molar-refractivity contribution is 6.04. The second kappa shape index (κ2) is 11.2. The molecule has 2 amide bonds.